The van der Waals surface area contributed by atoms with Gasteiger partial charge in [-0.25, -0.2) is 0 Å². The van der Waals surface area contributed by atoms with Gasteiger partial charge in [0, 0.05) is 12.5 Å². The first-order chi connectivity index (χ1) is 21.9. The standard InChI is InChI=1S/C32H57ClO11/c33-10-6-1-2-7-11-34-12-13-35-14-15-36-16-17-37-18-19-38-20-21-39-22-23-40-24-25-41-26-27-42-28-29-43-30-31-44-32-8-4-3-5-9-32/h3-5,8-9H,1-2,6-7,10-31H2. The van der Waals surface area contributed by atoms with Crippen molar-refractivity contribution in [3.8, 4) is 5.75 Å². The Morgan fingerprint density at radius 3 is 0.955 bits per heavy atom. The molecule has 0 spiro atoms. The smallest absolute Gasteiger partial charge is 0.119 e. The average molecular weight is 653 g/mol. The maximum absolute atomic E-state index is 5.65. The molecule has 1 aromatic rings. The first-order valence-electron chi connectivity index (χ1n) is 15.9. The molecule has 0 radical (unpaired) electrons. The second-order valence-electron chi connectivity index (χ2n) is 9.39. The SMILES string of the molecule is ClCCCCCCOCCOCCOCCOCCOCCOCCOCCOCCOCCOCCOc1ccccc1. The summed E-state index contributed by atoms with van der Waals surface area (Å²) in [7, 11) is 0. The van der Waals surface area contributed by atoms with E-state index in [1.807, 2.05) is 30.3 Å². The van der Waals surface area contributed by atoms with E-state index in [0.29, 0.717) is 132 Å². The van der Waals surface area contributed by atoms with Gasteiger partial charge in [-0.15, -0.1) is 11.6 Å². The molecule has 12 heteroatoms. The molecular formula is C32H57ClO11. The largest absolute Gasteiger partial charge is 0.491 e. The van der Waals surface area contributed by atoms with Crippen LogP contribution in [-0.2, 0) is 47.4 Å². The number of unbranched alkanes of at least 4 members (excludes halogenated alkanes) is 3. The summed E-state index contributed by atoms with van der Waals surface area (Å²) in [5.41, 5.74) is 0. The van der Waals surface area contributed by atoms with E-state index in [4.69, 9.17) is 63.7 Å². The molecule has 0 aliphatic carbocycles. The topological polar surface area (TPSA) is 102 Å². The monoisotopic (exact) mass is 652 g/mol. The number of benzene rings is 1. The summed E-state index contributed by atoms with van der Waals surface area (Å²) in [6.07, 6.45) is 4.50. The average Bonchev–Trinajstić information content (AvgIpc) is 3.05. The van der Waals surface area contributed by atoms with Crippen LogP contribution < -0.4 is 4.74 Å². The second kappa shape index (κ2) is 36.4. The van der Waals surface area contributed by atoms with Gasteiger partial charge >= 0.3 is 0 Å². The Morgan fingerprint density at radius 1 is 0.318 bits per heavy atom. The summed E-state index contributed by atoms with van der Waals surface area (Å²) in [5, 5.41) is 0. The van der Waals surface area contributed by atoms with Crippen LogP contribution in [0, 0.1) is 0 Å². The zero-order chi connectivity index (χ0) is 31.3. The van der Waals surface area contributed by atoms with Crippen molar-refractivity contribution >= 4 is 11.6 Å². The van der Waals surface area contributed by atoms with E-state index in [9.17, 15) is 0 Å². The van der Waals surface area contributed by atoms with Gasteiger partial charge in [-0.1, -0.05) is 31.0 Å². The molecule has 0 heterocycles. The second-order valence-corrected chi connectivity index (χ2v) is 9.77. The minimum Gasteiger partial charge on any atom is -0.491 e. The Morgan fingerprint density at radius 2 is 0.614 bits per heavy atom. The molecule has 258 valence electrons. The van der Waals surface area contributed by atoms with Crippen molar-refractivity contribution < 1.29 is 52.1 Å². The van der Waals surface area contributed by atoms with E-state index in [1.54, 1.807) is 0 Å². The first kappa shape index (κ1) is 40.9. The van der Waals surface area contributed by atoms with Crippen molar-refractivity contribution in [2.75, 3.05) is 145 Å². The summed E-state index contributed by atoms with van der Waals surface area (Å²) < 4.78 is 60.4. The summed E-state index contributed by atoms with van der Waals surface area (Å²) >= 11 is 5.65. The Kier molecular flexibility index (Phi) is 33.8. The minimum atomic E-state index is 0.517. The van der Waals surface area contributed by atoms with Gasteiger partial charge in [0.25, 0.3) is 0 Å². The lowest BCUT2D eigenvalue weighted by Crippen LogP contribution is -2.15. The predicted octanol–water partition coefficient (Wildman–Crippen LogP) is 4.03. The van der Waals surface area contributed by atoms with Crippen molar-refractivity contribution in [1.29, 1.82) is 0 Å². The molecule has 11 nitrogen and oxygen atoms in total. The molecule has 0 fully saturated rings. The molecule has 0 saturated carbocycles. The van der Waals surface area contributed by atoms with Gasteiger partial charge in [-0.3, -0.25) is 0 Å². The number of rotatable bonds is 37. The van der Waals surface area contributed by atoms with Gasteiger partial charge in [0.1, 0.15) is 12.4 Å². The lowest BCUT2D eigenvalue weighted by atomic mass is 10.2. The quantitative estimate of drug-likeness (QED) is 0.0769. The number of hydrogen-bond donors (Lipinski definition) is 0. The van der Waals surface area contributed by atoms with Crippen LogP contribution in [0.5, 0.6) is 5.75 Å². The third kappa shape index (κ3) is 32.3. The van der Waals surface area contributed by atoms with Crippen molar-refractivity contribution in [3.05, 3.63) is 30.3 Å². The molecule has 0 aromatic heterocycles. The van der Waals surface area contributed by atoms with E-state index in [0.717, 1.165) is 31.1 Å². The highest BCUT2D eigenvalue weighted by molar-refractivity contribution is 6.17. The van der Waals surface area contributed by atoms with Crippen LogP contribution in [0.25, 0.3) is 0 Å². The lowest BCUT2D eigenvalue weighted by molar-refractivity contribution is -0.0267. The van der Waals surface area contributed by atoms with Gasteiger partial charge in [-0.2, -0.15) is 0 Å². The van der Waals surface area contributed by atoms with E-state index in [2.05, 4.69) is 0 Å². The number of alkyl halides is 1. The fourth-order valence-electron chi connectivity index (χ4n) is 3.47. The van der Waals surface area contributed by atoms with Crippen molar-refractivity contribution in [1.82, 2.24) is 0 Å². The van der Waals surface area contributed by atoms with Crippen molar-refractivity contribution in [2.24, 2.45) is 0 Å². The maximum atomic E-state index is 5.65. The molecule has 0 amide bonds. The minimum absolute atomic E-state index is 0.517. The zero-order valence-electron chi connectivity index (χ0n) is 26.6. The fourth-order valence-corrected chi connectivity index (χ4v) is 3.66. The summed E-state index contributed by atoms with van der Waals surface area (Å²) in [5.74, 6) is 1.59. The number of ether oxygens (including phenoxy) is 11. The molecular weight excluding hydrogens is 596 g/mol. The molecule has 1 aromatic carbocycles. The molecule has 0 bridgehead atoms. The molecule has 0 saturated heterocycles. The van der Waals surface area contributed by atoms with Crippen molar-refractivity contribution in [3.63, 3.8) is 0 Å². The summed E-state index contributed by atoms with van der Waals surface area (Å²) in [6, 6.07) is 9.68. The molecule has 0 aliphatic heterocycles. The van der Waals surface area contributed by atoms with Crippen LogP contribution in [0.3, 0.4) is 0 Å². The van der Waals surface area contributed by atoms with Gasteiger partial charge in [0.2, 0.25) is 0 Å². The van der Waals surface area contributed by atoms with E-state index < -0.39 is 0 Å². The van der Waals surface area contributed by atoms with E-state index >= 15 is 0 Å². The Hall–Kier alpha value is -1.09. The molecule has 0 unspecified atom stereocenters. The van der Waals surface area contributed by atoms with E-state index in [-0.39, 0.29) is 0 Å². The molecule has 44 heavy (non-hydrogen) atoms. The van der Waals surface area contributed by atoms with Gasteiger partial charge in [-0.05, 0) is 25.0 Å². The van der Waals surface area contributed by atoms with Crippen LogP contribution in [0.1, 0.15) is 25.7 Å². The Labute approximate surface area is 269 Å². The van der Waals surface area contributed by atoms with Crippen molar-refractivity contribution in [2.45, 2.75) is 25.7 Å². The van der Waals surface area contributed by atoms with Gasteiger partial charge in [0.15, 0.2) is 0 Å². The van der Waals surface area contributed by atoms with Crippen LogP contribution in [0.2, 0.25) is 0 Å². The third-order valence-corrected chi connectivity index (χ3v) is 6.03. The third-order valence-electron chi connectivity index (χ3n) is 5.76. The highest BCUT2D eigenvalue weighted by Gasteiger charge is 1.97. The number of para-hydroxylation sites is 1. The van der Waals surface area contributed by atoms with Crippen LogP contribution >= 0.6 is 11.6 Å². The zero-order valence-corrected chi connectivity index (χ0v) is 27.4. The first-order valence-corrected chi connectivity index (χ1v) is 16.5. The fraction of sp³-hybridized carbons (Fsp3) is 0.812. The number of hydrogen-bond acceptors (Lipinski definition) is 11. The predicted molar refractivity (Wildman–Crippen MR) is 169 cm³/mol. The van der Waals surface area contributed by atoms with Crippen LogP contribution in [0.4, 0.5) is 0 Å². The Balaban J connectivity index is 1.61. The van der Waals surface area contributed by atoms with Gasteiger partial charge in [0.05, 0.1) is 126 Å². The summed E-state index contributed by atoms with van der Waals surface area (Å²) in [6.45, 7) is 11.5. The molecule has 1 rings (SSSR count). The highest BCUT2D eigenvalue weighted by Crippen LogP contribution is 2.07. The van der Waals surface area contributed by atoms with E-state index in [1.165, 1.54) is 12.8 Å². The highest BCUT2D eigenvalue weighted by atomic mass is 35.5. The van der Waals surface area contributed by atoms with Crippen LogP contribution in [-0.4, -0.2) is 145 Å². The lowest BCUT2D eigenvalue weighted by Gasteiger charge is -2.09. The van der Waals surface area contributed by atoms with Crippen LogP contribution in [0.15, 0.2) is 30.3 Å². The summed E-state index contributed by atoms with van der Waals surface area (Å²) in [4.78, 5) is 0. The molecule has 0 aliphatic rings. The molecule has 0 atom stereocenters. The Bertz CT molecular complexity index is 660. The molecule has 0 N–H and O–H groups in total. The number of halogens is 1. The van der Waals surface area contributed by atoms with Gasteiger partial charge < -0.3 is 52.1 Å². The normalized spacial score (nSPS) is 11.4. The maximum Gasteiger partial charge on any atom is 0.119 e.